The van der Waals surface area contributed by atoms with Crippen molar-refractivity contribution in [2.75, 3.05) is 0 Å². The van der Waals surface area contributed by atoms with Crippen molar-refractivity contribution in [3.05, 3.63) is 87.5 Å². The normalized spacial score (nSPS) is 16.8. The monoisotopic (exact) mass is 468 g/mol. The Balaban J connectivity index is 1.63. The van der Waals surface area contributed by atoms with Crippen LogP contribution in [0.15, 0.2) is 59.4 Å². The molecule has 1 heterocycles. The van der Waals surface area contributed by atoms with Gasteiger partial charge in [0.1, 0.15) is 5.82 Å². The Bertz CT molecular complexity index is 1350. The van der Waals surface area contributed by atoms with Crippen molar-refractivity contribution in [2.24, 2.45) is 0 Å². The summed E-state index contributed by atoms with van der Waals surface area (Å²) in [6.45, 7) is 5.57. The molecule has 1 aromatic heterocycles. The zero-order chi connectivity index (χ0) is 24.6. The SMILES string of the molecule is C=C1CCC(n2c(C)nc3cccc(CCC(=O)c4ccc(C(F)(F)F)cc4)c3c2=O)C(=O)C1. The molecule has 8 heteroatoms. The third kappa shape index (κ3) is 4.58. The van der Waals surface area contributed by atoms with Gasteiger partial charge < -0.3 is 0 Å². The molecule has 1 saturated carbocycles. The number of aromatic nitrogens is 2. The Kier molecular flexibility index (Phi) is 6.25. The summed E-state index contributed by atoms with van der Waals surface area (Å²) in [5.74, 6) is 0.0472. The van der Waals surface area contributed by atoms with Crippen LogP contribution in [0.5, 0.6) is 0 Å². The minimum Gasteiger partial charge on any atom is -0.297 e. The van der Waals surface area contributed by atoms with Crippen molar-refractivity contribution < 1.29 is 22.8 Å². The van der Waals surface area contributed by atoms with E-state index in [0.717, 1.165) is 29.8 Å². The first-order valence-corrected chi connectivity index (χ1v) is 11.0. The van der Waals surface area contributed by atoms with Crippen LogP contribution in [-0.2, 0) is 17.4 Å². The third-order valence-electron chi connectivity index (χ3n) is 6.23. The number of allylic oxidation sites excluding steroid dienone is 1. The number of nitrogens with zero attached hydrogens (tertiary/aromatic N) is 2. The lowest BCUT2D eigenvalue weighted by molar-refractivity contribution is -0.137. The van der Waals surface area contributed by atoms with E-state index in [1.807, 2.05) is 0 Å². The number of Topliss-reactive ketones (excluding diaryl/α,β-unsaturated/α-hetero) is 2. The van der Waals surface area contributed by atoms with E-state index in [1.54, 1.807) is 25.1 Å². The molecule has 0 N–H and O–H groups in total. The molecule has 3 aromatic rings. The molecule has 2 aromatic carbocycles. The number of aryl methyl sites for hydroxylation is 2. The minimum atomic E-state index is -4.47. The van der Waals surface area contributed by atoms with Crippen molar-refractivity contribution in [1.29, 1.82) is 0 Å². The van der Waals surface area contributed by atoms with E-state index < -0.39 is 17.8 Å². The second-order valence-electron chi connectivity index (χ2n) is 8.59. The molecule has 4 rings (SSSR count). The highest BCUT2D eigenvalue weighted by Crippen LogP contribution is 2.30. The molecule has 1 atom stereocenters. The fraction of sp³-hybridized carbons (Fsp3) is 0.308. The highest BCUT2D eigenvalue weighted by atomic mass is 19.4. The van der Waals surface area contributed by atoms with Gasteiger partial charge in [0.15, 0.2) is 11.6 Å². The van der Waals surface area contributed by atoms with Crippen LogP contribution in [0.4, 0.5) is 13.2 Å². The van der Waals surface area contributed by atoms with Gasteiger partial charge in [0.2, 0.25) is 0 Å². The van der Waals surface area contributed by atoms with E-state index in [9.17, 15) is 27.6 Å². The van der Waals surface area contributed by atoms with E-state index in [4.69, 9.17) is 0 Å². The second kappa shape index (κ2) is 9.00. The number of hydrogen-bond acceptors (Lipinski definition) is 4. The summed E-state index contributed by atoms with van der Waals surface area (Å²) in [4.78, 5) is 43.3. The summed E-state index contributed by atoms with van der Waals surface area (Å²) < 4.78 is 39.7. The maximum atomic E-state index is 13.5. The molecule has 1 unspecified atom stereocenters. The quantitative estimate of drug-likeness (QED) is 0.372. The molecular formula is C26H23F3N2O3. The number of ketones is 2. The molecule has 0 spiro atoms. The molecule has 0 radical (unpaired) electrons. The van der Waals surface area contributed by atoms with Crippen LogP contribution in [-0.4, -0.2) is 21.1 Å². The second-order valence-corrected chi connectivity index (χ2v) is 8.59. The molecule has 176 valence electrons. The van der Waals surface area contributed by atoms with E-state index >= 15 is 0 Å². The summed E-state index contributed by atoms with van der Waals surface area (Å²) in [6.07, 6.45) is -2.86. The van der Waals surface area contributed by atoms with Gasteiger partial charge in [-0.05, 0) is 49.9 Å². The lowest BCUT2D eigenvalue weighted by Crippen LogP contribution is -2.35. The van der Waals surface area contributed by atoms with Crippen LogP contribution >= 0.6 is 0 Å². The van der Waals surface area contributed by atoms with E-state index in [2.05, 4.69) is 11.6 Å². The first-order valence-electron chi connectivity index (χ1n) is 11.0. The van der Waals surface area contributed by atoms with E-state index in [-0.39, 0.29) is 42.0 Å². The fourth-order valence-corrected chi connectivity index (χ4v) is 4.46. The van der Waals surface area contributed by atoms with Gasteiger partial charge in [0.25, 0.3) is 5.56 Å². The highest BCUT2D eigenvalue weighted by Gasteiger charge is 2.30. The van der Waals surface area contributed by atoms with Gasteiger partial charge in [0, 0.05) is 18.4 Å². The number of halogens is 3. The number of fused-ring (bicyclic) bond motifs is 1. The molecule has 0 bridgehead atoms. The Morgan fingerprint density at radius 2 is 1.85 bits per heavy atom. The number of rotatable bonds is 5. The Labute approximate surface area is 193 Å². The van der Waals surface area contributed by atoms with Gasteiger partial charge >= 0.3 is 6.18 Å². The maximum Gasteiger partial charge on any atom is 0.416 e. The van der Waals surface area contributed by atoms with Crippen LogP contribution in [0.25, 0.3) is 10.9 Å². The minimum absolute atomic E-state index is 0.0139. The molecular weight excluding hydrogens is 445 g/mol. The van der Waals surface area contributed by atoms with E-state index in [1.165, 1.54) is 4.57 Å². The highest BCUT2D eigenvalue weighted by molar-refractivity contribution is 5.96. The standard InChI is InChI=1S/C26H23F3N2O3/c1-15-6-12-21(23(33)14-15)31-16(2)30-20-5-3-4-18(24(20)25(31)34)9-13-22(32)17-7-10-19(11-8-17)26(27,28)29/h3-5,7-8,10-11,21H,1,6,9,12-14H2,2H3. The fourth-order valence-electron chi connectivity index (χ4n) is 4.46. The van der Waals surface area contributed by atoms with Crippen LogP contribution in [0, 0.1) is 6.92 Å². The number of hydrogen-bond donors (Lipinski definition) is 0. The Morgan fingerprint density at radius 3 is 2.50 bits per heavy atom. The van der Waals surface area contributed by atoms with Gasteiger partial charge in [-0.2, -0.15) is 13.2 Å². The Morgan fingerprint density at radius 1 is 1.15 bits per heavy atom. The van der Waals surface area contributed by atoms with Crippen molar-refractivity contribution in [1.82, 2.24) is 9.55 Å². The van der Waals surface area contributed by atoms with Gasteiger partial charge in [-0.1, -0.05) is 36.4 Å². The summed E-state index contributed by atoms with van der Waals surface area (Å²) in [7, 11) is 0. The van der Waals surface area contributed by atoms with Gasteiger partial charge in [-0.3, -0.25) is 19.0 Å². The van der Waals surface area contributed by atoms with Crippen LogP contribution < -0.4 is 5.56 Å². The molecule has 34 heavy (non-hydrogen) atoms. The first kappa shape index (κ1) is 23.6. The largest absolute Gasteiger partial charge is 0.416 e. The zero-order valence-corrected chi connectivity index (χ0v) is 18.6. The molecule has 0 saturated heterocycles. The molecule has 0 amide bonds. The van der Waals surface area contributed by atoms with Crippen molar-refractivity contribution >= 4 is 22.5 Å². The molecule has 1 fully saturated rings. The van der Waals surface area contributed by atoms with Crippen LogP contribution in [0.3, 0.4) is 0 Å². The Hall–Kier alpha value is -3.55. The number of carbonyl (C=O) groups excluding carboxylic acids is 2. The van der Waals surface area contributed by atoms with Gasteiger partial charge in [0.05, 0.1) is 22.5 Å². The average molecular weight is 468 g/mol. The number of carbonyl (C=O) groups is 2. The van der Waals surface area contributed by atoms with Crippen molar-refractivity contribution in [3.8, 4) is 0 Å². The summed E-state index contributed by atoms with van der Waals surface area (Å²) in [5, 5.41) is 0.352. The average Bonchev–Trinajstić information content (AvgIpc) is 2.78. The van der Waals surface area contributed by atoms with Crippen molar-refractivity contribution in [2.45, 2.75) is 51.2 Å². The molecule has 1 aliphatic carbocycles. The number of benzene rings is 2. The number of alkyl halides is 3. The third-order valence-corrected chi connectivity index (χ3v) is 6.23. The van der Waals surface area contributed by atoms with Gasteiger partial charge in [-0.25, -0.2) is 4.98 Å². The lowest BCUT2D eigenvalue weighted by atomic mass is 9.90. The van der Waals surface area contributed by atoms with Crippen molar-refractivity contribution in [3.63, 3.8) is 0 Å². The molecule has 1 aliphatic rings. The first-order chi connectivity index (χ1) is 16.1. The van der Waals surface area contributed by atoms with Crippen LogP contribution in [0.1, 0.15) is 59.0 Å². The smallest absolute Gasteiger partial charge is 0.297 e. The predicted molar refractivity (Wildman–Crippen MR) is 122 cm³/mol. The summed E-state index contributed by atoms with van der Waals surface area (Å²) >= 11 is 0. The lowest BCUT2D eigenvalue weighted by Gasteiger charge is -2.26. The molecule has 5 nitrogen and oxygen atoms in total. The summed E-state index contributed by atoms with van der Waals surface area (Å²) in [5.41, 5.74) is 0.963. The van der Waals surface area contributed by atoms with E-state index in [0.29, 0.717) is 35.1 Å². The van der Waals surface area contributed by atoms with Gasteiger partial charge in [-0.15, -0.1) is 0 Å². The molecule has 0 aliphatic heterocycles. The predicted octanol–water partition coefficient (Wildman–Crippen LogP) is 5.39. The summed E-state index contributed by atoms with van der Waals surface area (Å²) in [6, 6.07) is 8.67. The topological polar surface area (TPSA) is 69.0 Å². The zero-order valence-electron chi connectivity index (χ0n) is 18.6. The maximum absolute atomic E-state index is 13.5. The van der Waals surface area contributed by atoms with Crippen LogP contribution in [0.2, 0.25) is 0 Å².